The average Bonchev–Trinajstić information content (AvgIpc) is 2.15. The molecule has 1 aliphatic rings. The standard InChI is InChI=1S/C10H19NO2/c1-2-3-6-11-7-4-5-10(13)9(11)8-12/h4-5,9-10,12-13H,2-3,6-8H2,1H3/t9-,10+/m1/s1. The highest BCUT2D eigenvalue weighted by Crippen LogP contribution is 2.12. The van der Waals surface area contributed by atoms with Gasteiger partial charge in [-0.1, -0.05) is 25.5 Å². The first-order valence-corrected chi connectivity index (χ1v) is 4.99. The summed E-state index contributed by atoms with van der Waals surface area (Å²) in [6.45, 7) is 3.99. The van der Waals surface area contributed by atoms with E-state index >= 15 is 0 Å². The Labute approximate surface area is 79.7 Å². The van der Waals surface area contributed by atoms with Crippen LogP contribution in [0, 0.1) is 0 Å². The highest BCUT2D eigenvalue weighted by atomic mass is 16.3. The molecule has 2 N–H and O–H groups in total. The molecular formula is C10H19NO2. The molecule has 1 rings (SSSR count). The number of aliphatic hydroxyl groups is 2. The second kappa shape index (κ2) is 5.37. The molecule has 0 spiro atoms. The van der Waals surface area contributed by atoms with Crippen molar-refractivity contribution in [2.45, 2.75) is 31.9 Å². The molecule has 1 heterocycles. The van der Waals surface area contributed by atoms with Crippen molar-refractivity contribution in [1.82, 2.24) is 4.90 Å². The monoisotopic (exact) mass is 185 g/mol. The fourth-order valence-electron chi connectivity index (χ4n) is 1.66. The summed E-state index contributed by atoms with van der Waals surface area (Å²) >= 11 is 0. The molecule has 0 fully saturated rings. The van der Waals surface area contributed by atoms with Crippen molar-refractivity contribution in [3.8, 4) is 0 Å². The van der Waals surface area contributed by atoms with Crippen LogP contribution >= 0.6 is 0 Å². The summed E-state index contributed by atoms with van der Waals surface area (Å²) in [5, 5.41) is 18.6. The molecule has 1 aliphatic heterocycles. The lowest BCUT2D eigenvalue weighted by atomic mass is 10.1. The van der Waals surface area contributed by atoms with Crippen molar-refractivity contribution in [2.24, 2.45) is 0 Å². The largest absolute Gasteiger partial charge is 0.395 e. The third-order valence-corrected chi connectivity index (χ3v) is 2.52. The van der Waals surface area contributed by atoms with Crippen LogP contribution in [0.4, 0.5) is 0 Å². The van der Waals surface area contributed by atoms with Crippen molar-refractivity contribution in [3.63, 3.8) is 0 Å². The third-order valence-electron chi connectivity index (χ3n) is 2.52. The summed E-state index contributed by atoms with van der Waals surface area (Å²) in [5.74, 6) is 0. The van der Waals surface area contributed by atoms with Crippen LogP contribution in [0.1, 0.15) is 19.8 Å². The second-order valence-electron chi connectivity index (χ2n) is 3.52. The summed E-state index contributed by atoms with van der Waals surface area (Å²) in [6.07, 6.45) is 5.50. The Morgan fingerprint density at radius 1 is 1.54 bits per heavy atom. The molecule has 0 radical (unpaired) electrons. The van der Waals surface area contributed by atoms with Gasteiger partial charge in [-0.15, -0.1) is 0 Å². The van der Waals surface area contributed by atoms with Crippen LogP contribution in [0.2, 0.25) is 0 Å². The molecule has 13 heavy (non-hydrogen) atoms. The predicted molar refractivity (Wildman–Crippen MR) is 52.5 cm³/mol. The molecule has 0 amide bonds. The van der Waals surface area contributed by atoms with Crippen LogP contribution in [0.3, 0.4) is 0 Å². The van der Waals surface area contributed by atoms with Crippen LogP contribution < -0.4 is 0 Å². The number of unbranched alkanes of at least 4 members (excludes halogenated alkanes) is 1. The molecule has 0 aromatic carbocycles. The van der Waals surface area contributed by atoms with E-state index in [0.717, 1.165) is 25.9 Å². The van der Waals surface area contributed by atoms with Gasteiger partial charge in [-0.25, -0.2) is 0 Å². The molecule has 0 saturated carbocycles. The number of hydrogen-bond donors (Lipinski definition) is 2. The maximum Gasteiger partial charge on any atom is 0.0899 e. The average molecular weight is 185 g/mol. The minimum absolute atomic E-state index is 0.0369. The topological polar surface area (TPSA) is 43.7 Å². The van der Waals surface area contributed by atoms with Crippen molar-refractivity contribution in [2.75, 3.05) is 19.7 Å². The lowest BCUT2D eigenvalue weighted by Crippen LogP contribution is -2.48. The second-order valence-corrected chi connectivity index (χ2v) is 3.52. The maximum atomic E-state index is 9.55. The molecule has 3 heteroatoms. The Kier molecular flexibility index (Phi) is 4.42. The molecule has 76 valence electrons. The van der Waals surface area contributed by atoms with E-state index in [1.54, 1.807) is 6.08 Å². The third kappa shape index (κ3) is 2.79. The van der Waals surface area contributed by atoms with E-state index in [0.29, 0.717) is 0 Å². The quantitative estimate of drug-likeness (QED) is 0.622. The van der Waals surface area contributed by atoms with Crippen LogP contribution in [0.25, 0.3) is 0 Å². The maximum absolute atomic E-state index is 9.55. The molecule has 3 nitrogen and oxygen atoms in total. The van der Waals surface area contributed by atoms with Gasteiger partial charge in [-0.3, -0.25) is 4.90 Å². The van der Waals surface area contributed by atoms with Crippen LogP contribution in [-0.4, -0.2) is 47.0 Å². The SMILES string of the molecule is CCCCN1CC=C[C@H](O)[C@H]1CO. The molecule has 0 bridgehead atoms. The molecule has 0 aliphatic carbocycles. The predicted octanol–water partition coefficient (Wildman–Crippen LogP) is 0.380. The van der Waals surface area contributed by atoms with E-state index in [4.69, 9.17) is 5.11 Å². The summed E-state index contributed by atoms with van der Waals surface area (Å²) < 4.78 is 0. The Balaban J connectivity index is 2.46. The van der Waals surface area contributed by atoms with E-state index in [2.05, 4.69) is 11.8 Å². The smallest absolute Gasteiger partial charge is 0.0899 e. The normalized spacial score (nSPS) is 29.5. The highest BCUT2D eigenvalue weighted by Gasteiger charge is 2.25. The van der Waals surface area contributed by atoms with Gasteiger partial charge in [0.15, 0.2) is 0 Å². The lowest BCUT2D eigenvalue weighted by Gasteiger charge is -2.34. The van der Waals surface area contributed by atoms with Gasteiger partial charge in [-0.05, 0) is 13.0 Å². The van der Waals surface area contributed by atoms with E-state index < -0.39 is 6.10 Å². The minimum atomic E-state index is -0.504. The Hall–Kier alpha value is -0.380. The highest BCUT2D eigenvalue weighted by molar-refractivity contribution is 5.02. The molecule has 0 aromatic rings. The molecule has 2 atom stereocenters. The zero-order chi connectivity index (χ0) is 9.68. The minimum Gasteiger partial charge on any atom is -0.395 e. The summed E-state index contributed by atoms with van der Waals surface area (Å²) in [7, 11) is 0. The Morgan fingerprint density at radius 3 is 2.92 bits per heavy atom. The fourth-order valence-corrected chi connectivity index (χ4v) is 1.66. The summed E-state index contributed by atoms with van der Waals surface area (Å²) in [5.41, 5.74) is 0. The molecule has 0 saturated heterocycles. The summed E-state index contributed by atoms with van der Waals surface area (Å²) in [6, 6.07) is -0.100. The Morgan fingerprint density at radius 2 is 2.31 bits per heavy atom. The first-order chi connectivity index (χ1) is 6.29. The van der Waals surface area contributed by atoms with Crippen molar-refractivity contribution >= 4 is 0 Å². The fraction of sp³-hybridized carbons (Fsp3) is 0.800. The zero-order valence-electron chi connectivity index (χ0n) is 8.19. The van der Waals surface area contributed by atoms with Gasteiger partial charge < -0.3 is 10.2 Å². The van der Waals surface area contributed by atoms with Gasteiger partial charge in [0.1, 0.15) is 0 Å². The van der Waals surface area contributed by atoms with Gasteiger partial charge >= 0.3 is 0 Å². The number of nitrogens with zero attached hydrogens (tertiary/aromatic N) is 1. The van der Waals surface area contributed by atoms with E-state index in [9.17, 15) is 5.11 Å². The van der Waals surface area contributed by atoms with E-state index in [1.807, 2.05) is 6.08 Å². The van der Waals surface area contributed by atoms with Gasteiger partial charge in [-0.2, -0.15) is 0 Å². The van der Waals surface area contributed by atoms with E-state index in [-0.39, 0.29) is 12.6 Å². The molecule has 0 unspecified atom stereocenters. The first kappa shape index (κ1) is 10.7. The number of hydrogen-bond acceptors (Lipinski definition) is 3. The Bertz CT molecular complexity index is 170. The number of aliphatic hydroxyl groups excluding tert-OH is 2. The van der Waals surface area contributed by atoms with Crippen molar-refractivity contribution < 1.29 is 10.2 Å². The first-order valence-electron chi connectivity index (χ1n) is 4.99. The van der Waals surface area contributed by atoms with E-state index in [1.165, 1.54) is 0 Å². The zero-order valence-corrected chi connectivity index (χ0v) is 8.19. The number of rotatable bonds is 4. The van der Waals surface area contributed by atoms with Gasteiger partial charge in [0.25, 0.3) is 0 Å². The van der Waals surface area contributed by atoms with Crippen molar-refractivity contribution in [3.05, 3.63) is 12.2 Å². The van der Waals surface area contributed by atoms with Crippen molar-refractivity contribution in [1.29, 1.82) is 0 Å². The van der Waals surface area contributed by atoms with Crippen LogP contribution in [0.15, 0.2) is 12.2 Å². The van der Waals surface area contributed by atoms with Crippen LogP contribution in [0.5, 0.6) is 0 Å². The van der Waals surface area contributed by atoms with Gasteiger partial charge in [0.2, 0.25) is 0 Å². The summed E-state index contributed by atoms with van der Waals surface area (Å²) in [4.78, 5) is 2.13. The van der Waals surface area contributed by atoms with Gasteiger partial charge in [0, 0.05) is 6.54 Å². The molecular weight excluding hydrogens is 166 g/mol. The molecule has 0 aromatic heterocycles. The lowest BCUT2D eigenvalue weighted by molar-refractivity contribution is 0.0369. The van der Waals surface area contributed by atoms with Gasteiger partial charge in [0.05, 0.1) is 18.8 Å². The van der Waals surface area contributed by atoms with Crippen LogP contribution in [-0.2, 0) is 0 Å².